The van der Waals surface area contributed by atoms with E-state index in [-0.39, 0.29) is 34.3 Å². The van der Waals surface area contributed by atoms with Crippen molar-refractivity contribution in [1.82, 2.24) is 10.2 Å². The molecule has 7 nitrogen and oxygen atoms in total. The van der Waals surface area contributed by atoms with Gasteiger partial charge >= 0.3 is 0 Å². The molecule has 0 radical (unpaired) electrons. The molecular weight excluding hydrogens is 362 g/mol. The Labute approximate surface area is 150 Å². The van der Waals surface area contributed by atoms with E-state index in [1.807, 2.05) is 24.3 Å². The van der Waals surface area contributed by atoms with E-state index in [0.717, 1.165) is 29.4 Å². The molecule has 0 saturated carbocycles. The number of aromatic nitrogens is 2. The predicted molar refractivity (Wildman–Crippen MR) is 95.5 cm³/mol. The van der Waals surface area contributed by atoms with Gasteiger partial charge in [0.1, 0.15) is 0 Å². The topological polar surface area (TPSA) is 102 Å². The third kappa shape index (κ3) is 4.82. The minimum atomic E-state index is -3.00. The Bertz CT molecular complexity index is 864. The summed E-state index contributed by atoms with van der Waals surface area (Å²) in [6.07, 6.45) is 1.41. The molecule has 1 atom stereocenters. The molecule has 1 aromatic carbocycles. The maximum absolute atomic E-state index is 12.0. The van der Waals surface area contributed by atoms with Crippen LogP contribution in [0, 0.1) is 0 Å². The molecule has 0 unspecified atom stereocenters. The van der Waals surface area contributed by atoms with Crippen LogP contribution in [0.4, 0.5) is 5.69 Å². The van der Waals surface area contributed by atoms with Crippen LogP contribution in [0.3, 0.4) is 0 Å². The van der Waals surface area contributed by atoms with Crippen molar-refractivity contribution in [1.29, 1.82) is 0 Å². The standard InChI is InChI=1S/C16H19N3O4S2/c1-2-11-4-3-5-13(8-11)17-14(20)9-24-16-19-18-15(23-16)12-6-7-25(21,22)10-12/h3-5,8,12H,2,6-7,9-10H2,1H3,(H,17,20)/t12-/m1/s1. The largest absolute Gasteiger partial charge is 0.416 e. The molecule has 0 spiro atoms. The molecule has 2 aromatic rings. The monoisotopic (exact) mass is 381 g/mol. The van der Waals surface area contributed by atoms with Crippen LogP contribution in [-0.2, 0) is 21.1 Å². The fraction of sp³-hybridized carbons (Fsp3) is 0.438. The van der Waals surface area contributed by atoms with Crippen molar-refractivity contribution in [3.8, 4) is 0 Å². The van der Waals surface area contributed by atoms with Crippen LogP contribution in [0.15, 0.2) is 33.9 Å². The zero-order valence-electron chi connectivity index (χ0n) is 13.8. The summed E-state index contributed by atoms with van der Waals surface area (Å²) in [4.78, 5) is 12.0. The molecule has 0 bridgehead atoms. The summed E-state index contributed by atoms with van der Waals surface area (Å²) >= 11 is 1.14. The van der Waals surface area contributed by atoms with Crippen molar-refractivity contribution in [3.63, 3.8) is 0 Å². The Morgan fingerprint density at radius 1 is 1.40 bits per heavy atom. The van der Waals surface area contributed by atoms with Crippen LogP contribution in [0.5, 0.6) is 0 Å². The van der Waals surface area contributed by atoms with E-state index >= 15 is 0 Å². The first kappa shape index (κ1) is 17.9. The smallest absolute Gasteiger partial charge is 0.277 e. The van der Waals surface area contributed by atoms with Crippen molar-refractivity contribution in [2.75, 3.05) is 22.6 Å². The van der Waals surface area contributed by atoms with Crippen molar-refractivity contribution in [2.24, 2.45) is 0 Å². The summed E-state index contributed by atoms with van der Waals surface area (Å²) in [6, 6.07) is 7.69. The number of thioether (sulfide) groups is 1. The third-order valence-corrected chi connectivity index (χ3v) is 6.54. The lowest BCUT2D eigenvalue weighted by Gasteiger charge is -2.05. The average Bonchev–Trinajstić information content (AvgIpc) is 3.19. The van der Waals surface area contributed by atoms with Gasteiger partial charge < -0.3 is 9.73 Å². The van der Waals surface area contributed by atoms with E-state index < -0.39 is 9.84 Å². The van der Waals surface area contributed by atoms with Gasteiger partial charge in [0.2, 0.25) is 11.8 Å². The normalized spacial score (nSPS) is 19.0. The van der Waals surface area contributed by atoms with Gasteiger partial charge in [0.15, 0.2) is 9.84 Å². The Balaban J connectivity index is 1.52. The number of sulfone groups is 1. The lowest BCUT2D eigenvalue weighted by atomic mass is 10.1. The molecule has 1 N–H and O–H groups in total. The molecular formula is C16H19N3O4S2. The first-order valence-electron chi connectivity index (χ1n) is 8.00. The molecule has 1 aromatic heterocycles. The van der Waals surface area contributed by atoms with Gasteiger partial charge in [-0.25, -0.2) is 8.42 Å². The molecule has 1 saturated heterocycles. The summed E-state index contributed by atoms with van der Waals surface area (Å²) in [5, 5.41) is 10.9. The van der Waals surface area contributed by atoms with Crippen LogP contribution in [-0.4, -0.2) is 41.8 Å². The average molecular weight is 381 g/mol. The molecule has 0 aliphatic carbocycles. The maximum atomic E-state index is 12.0. The van der Waals surface area contributed by atoms with E-state index in [9.17, 15) is 13.2 Å². The number of carbonyl (C=O) groups is 1. The second-order valence-corrected chi connectivity index (χ2v) is 9.05. The predicted octanol–water partition coefficient (Wildman–Crippen LogP) is 2.26. The van der Waals surface area contributed by atoms with Gasteiger partial charge in [-0.15, -0.1) is 10.2 Å². The van der Waals surface area contributed by atoms with Gasteiger partial charge in [0, 0.05) is 5.69 Å². The Morgan fingerprint density at radius 3 is 2.96 bits per heavy atom. The Hall–Kier alpha value is -1.87. The van der Waals surface area contributed by atoms with E-state index in [0.29, 0.717) is 12.3 Å². The number of aryl methyl sites for hydroxylation is 1. The van der Waals surface area contributed by atoms with Crippen LogP contribution in [0.25, 0.3) is 0 Å². The number of hydrogen-bond acceptors (Lipinski definition) is 7. The second-order valence-electron chi connectivity index (χ2n) is 5.90. The zero-order valence-corrected chi connectivity index (χ0v) is 15.4. The first-order valence-corrected chi connectivity index (χ1v) is 10.8. The number of nitrogens with one attached hydrogen (secondary N) is 1. The highest BCUT2D eigenvalue weighted by atomic mass is 32.2. The van der Waals surface area contributed by atoms with Crippen LogP contribution >= 0.6 is 11.8 Å². The van der Waals surface area contributed by atoms with E-state index in [2.05, 4.69) is 22.4 Å². The van der Waals surface area contributed by atoms with E-state index in [1.54, 1.807) is 0 Å². The molecule has 3 rings (SSSR count). The minimum absolute atomic E-state index is 0.0492. The van der Waals surface area contributed by atoms with E-state index in [1.165, 1.54) is 0 Å². The van der Waals surface area contributed by atoms with Crippen molar-refractivity contribution >= 4 is 33.2 Å². The van der Waals surface area contributed by atoms with Gasteiger partial charge in [-0.05, 0) is 30.5 Å². The number of benzene rings is 1. The summed E-state index contributed by atoms with van der Waals surface area (Å²) in [5.74, 6) is 0.273. The first-order chi connectivity index (χ1) is 11.9. The van der Waals surface area contributed by atoms with Gasteiger partial charge in [0.25, 0.3) is 5.22 Å². The van der Waals surface area contributed by atoms with Gasteiger partial charge in [-0.3, -0.25) is 4.79 Å². The quantitative estimate of drug-likeness (QED) is 0.766. The fourth-order valence-corrected chi connectivity index (χ4v) is 4.93. The van der Waals surface area contributed by atoms with Gasteiger partial charge in [-0.2, -0.15) is 0 Å². The molecule has 9 heteroatoms. The van der Waals surface area contributed by atoms with Crippen molar-refractivity contribution in [3.05, 3.63) is 35.7 Å². The Kier molecular flexibility index (Phi) is 5.43. The SMILES string of the molecule is CCc1cccc(NC(=O)CSc2nnc([C@@H]3CCS(=O)(=O)C3)o2)c1. The number of amides is 1. The number of carbonyl (C=O) groups excluding carboxylic acids is 1. The zero-order chi connectivity index (χ0) is 17.9. The highest BCUT2D eigenvalue weighted by molar-refractivity contribution is 7.99. The maximum Gasteiger partial charge on any atom is 0.277 e. The molecule has 1 aliphatic heterocycles. The highest BCUT2D eigenvalue weighted by Crippen LogP contribution is 2.29. The van der Waals surface area contributed by atoms with Crippen LogP contribution in [0.1, 0.15) is 30.7 Å². The summed E-state index contributed by atoms with van der Waals surface area (Å²) in [5.41, 5.74) is 1.91. The van der Waals surface area contributed by atoms with Crippen LogP contribution in [0.2, 0.25) is 0 Å². The molecule has 134 valence electrons. The second kappa shape index (κ2) is 7.57. The summed E-state index contributed by atoms with van der Waals surface area (Å²) < 4.78 is 28.5. The summed E-state index contributed by atoms with van der Waals surface area (Å²) in [6.45, 7) is 2.06. The third-order valence-electron chi connectivity index (χ3n) is 3.95. The Morgan fingerprint density at radius 2 is 2.24 bits per heavy atom. The lowest BCUT2D eigenvalue weighted by Crippen LogP contribution is -2.14. The number of anilines is 1. The molecule has 2 heterocycles. The number of nitrogens with zero attached hydrogens (tertiary/aromatic N) is 2. The highest BCUT2D eigenvalue weighted by Gasteiger charge is 2.32. The molecule has 1 aliphatic rings. The molecule has 1 fully saturated rings. The molecule has 25 heavy (non-hydrogen) atoms. The molecule has 1 amide bonds. The van der Waals surface area contributed by atoms with Crippen LogP contribution < -0.4 is 5.32 Å². The van der Waals surface area contributed by atoms with Crippen molar-refractivity contribution < 1.29 is 17.6 Å². The minimum Gasteiger partial charge on any atom is -0.416 e. The van der Waals surface area contributed by atoms with E-state index in [4.69, 9.17) is 4.42 Å². The lowest BCUT2D eigenvalue weighted by molar-refractivity contribution is -0.113. The fourth-order valence-electron chi connectivity index (χ4n) is 2.63. The van der Waals surface area contributed by atoms with Crippen molar-refractivity contribution in [2.45, 2.75) is 30.9 Å². The van der Waals surface area contributed by atoms with Gasteiger partial charge in [-0.1, -0.05) is 30.8 Å². The summed E-state index contributed by atoms with van der Waals surface area (Å²) in [7, 11) is -3.00. The number of hydrogen-bond donors (Lipinski definition) is 1. The van der Waals surface area contributed by atoms with Gasteiger partial charge in [0.05, 0.1) is 23.2 Å². The number of rotatable bonds is 6.